The van der Waals surface area contributed by atoms with Crippen molar-refractivity contribution >= 4 is 5.95 Å². The highest BCUT2D eigenvalue weighted by Crippen LogP contribution is 2.64. The molecule has 1 aromatic rings. The Balaban J connectivity index is 1.27. The number of anilines is 1. The molecule has 0 aromatic carbocycles. The summed E-state index contributed by atoms with van der Waals surface area (Å²) in [6.45, 7) is 4.23. The largest absolute Gasteiger partial charge is 0.495 e. The summed E-state index contributed by atoms with van der Waals surface area (Å²) in [7, 11) is 3.86. The molecule has 3 aliphatic carbocycles. The lowest BCUT2D eigenvalue weighted by Gasteiger charge is -2.29. The minimum absolute atomic E-state index is 0.0435. The van der Waals surface area contributed by atoms with E-state index in [-0.39, 0.29) is 11.0 Å². The molecular formula is C27H34N4O4. The van der Waals surface area contributed by atoms with Crippen LogP contribution in [0.15, 0.2) is 59.9 Å². The zero-order chi connectivity index (χ0) is 23.9. The van der Waals surface area contributed by atoms with Crippen LogP contribution in [0.1, 0.15) is 25.0 Å². The molecule has 1 N–H and O–H groups in total. The van der Waals surface area contributed by atoms with Gasteiger partial charge in [0.2, 0.25) is 5.95 Å². The maximum atomic E-state index is 6.19. The molecule has 5 aliphatic rings. The Kier molecular flexibility index (Phi) is 5.90. The molecule has 0 amide bonds. The molecule has 4 atom stereocenters. The predicted molar refractivity (Wildman–Crippen MR) is 131 cm³/mol. The van der Waals surface area contributed by atoms with Crippen LogP contribution < -0.4 is 5.32 Å². The second kappa shape index (κ2) is 9.08. The zero-order valence-corrected chi connectivity index (χ0v) is 20.5. The molecule has 8 heteroatoms. The van der Waals surface area contributed by atoms with E-state index in [1.54, 1.807) is 7.11 Å². The van der Waals surface area contributed by atoms with E-state index >= 15 is 0 Å². The number of allylic oxidation sites excluding steroid dienone is 3. The van der Waals surface area contributed by atoms with E-state index in [1.165, 1.54) is 5.57 Å². The van der Waals surface area contributed by atoms with E-state index in [0.717, 1.165) is 49.5 Å². The maximum absolute atomic E-state index is 6.19. The van der Waals surface area contributed by atoms with Crippen LogP contribution in [-0.4, -0.2) is 68.5 Å². The lowest BCUT2D eigenvalue weighted by molar-refractivity contribution is 0.0847. The Bertz CT molecular complexity index is 1100. The molecule has 186 valence electrons. The van der Waals surface area contributed by atoms with Crippen molar-refractivity contribution in [3.05, 3.63) is 65.6 Å². The smallest absolute Gasteiger partial charge is 0.227 e. The summed E-state index contributed by atoms with van der Waals surface area (Å²) >= 11 is 0. The van der Waals surface area contributed by atoms with Crippen molar-refractivity contribution in [2.75, 3.05) is 59.0 Å². The van der Waals surface area contributed by atoms with Gasteiger partial charge < -0.3 is 29.2 Å². The van der Waals surface area contributed by atoms with Gasteiger partial charge in [0.05, 0.1) is 31.8 Å². The first-order valence-electron chi connectivity index (χ1n) is 12.6. The second-order valence-electron chi connectivity index (χ2n) is 10.2. The van der Waals surface area contributed by atoms with Crippen LogP contribution in [0.25, 0.3) is 0 Å². The van der Waals surface area contributed by atoms with E-state index in [4.69, 9.17) is 23.9 Å². The van der Waals surface area contributed by atoms with Crippen LogP contribution in [0.4, 0.5) is 5.95 Å². The minimum atomic E-state index is -0.327. The Hall–Kier alpha value is -2.68. The van der Waals surface area contributed by atoms with Gasteiger partial charge in [0.1, 0.15) is 12.4 Å². The average Bonchev–Trinajstić information content (AvgIpc) is 3.75. The quantitative estimate of drug-likeness (QED) is 0.521. The Morgan fingerprint density at radius 3 is 3.03 bits per heavy atom. The fourth-order valence-electron chi connectivity index (χ4n) is 5.88. The van der Waals surface area contributed by atoms with E-state index in [1.807, 2.05) is 18.5 Å². The fraction of sp³-hybridized carbons (Fsp3) is 0.556. The van der Waals surface area contributed by atoms with Gasteiger partial charge in [-0.3, -0.25) is 0 Å². The van der Waals surface area contributed by atoms with E-state index in [9.17, 15) is 0 Å². The second-order valence-corrected chi connectivity index (χ2v) is 10.2. The van der Waals surface area contributed by atoms with Gasteiger partial charge in [-0.1, -0.05) is 12.2 Å². The van der Waals surface area contributed by atoms with Crippen LogP contribution >= 0.6 is 0 Å². The molecule has 3 heterocycles. The Labute approximate surface area is 206 Å². The van der Waals surface area contributed by atoms with Gasteiger partial charge >= 0.3 is 0 Å². The third-order valence-corrected chi connectivity index (χ3v) is 7.91. The number of likely N-dealkylation sites (N-methyl/N-ethyl adjacent to an activating group) is 1. The molecule has 2 fully saturated rings. The van der Waals surface area contributed by atoms with Gasteiger partial charge in [-0.05, 0) is 43.7 Å². The normalized spacial score (nSPS) is 34.7. The van der Waals surface area contributed by atoms with Crippen molar-refractivity contribution in [2.24, 2.45) is 17.3 Å². The molecule has 2 saturated carbocycles. The third-order valence-electron chi connectivity index (χ3n) is 7.91. The molecule has 1 aromatic heterocycles. The van der Waals surface area contributed by atoms with Crippen LogP contribution in [0.3, 0.4) is 0 Å². The Morgan fingerprint density at radius 1 is 1.20 bits per heavy atom. The number of rotatable bonds is 4. The number of methoxy groups -OCH3 is 1. The molecule has 35 heavy (non-hydrogen) atoms. The number of ether oxygens (including phenoxy) is 4. The van der Waals surface area contributed by atoms with Crippen molar-refractivity contribution in [3.8, 4) is 0 Å². The fourth-order valence-corrected chi connectivity index (χ4v) is 5.88. The molecule has 8 nitrogen and oxygen atoms in total. The highest BCUT2D eigenvalue weighted by atomic mass is 16.5. The molecule has 0 spiro atoms. The maximum Gasteiger partial charge on any atom is 0.227 e. The lowest BCUT2D eigenvalue weighted by Crippen LogP contribution is -2.32. The van der Waals surface area contributed by atoms with Gasteiger partial charge in [0, 0.05) is 55.8 Å². The monoisotopic (exact) mass is 478 g/mol. The van der Waals surface area contributed by atoms with Gasteiger partial charge in [-0.15, -0.1) is 0 Å². The molecule has 0 radical (unpaired) electrons. The standard InChI is InChI=1S/C27H34N4O4/c1-31-10-3-4-11-33-12-8-19-17-35-27(16-20(19)27)23-7-9-28-25(30-23)29-22-5-6-24(34-14-13-32-2)26(18-31)15-21(22)26/h3-7,9,17,20-21H,8,10-16,18H2,1-2H3,(H,28,29,30)/b4-3+. The number of aromatic nitrogens is 2. The summed E-state index contributed by atoms with van der Waals surface area (Å²) in [5.41, 5.74) is 3.05. The van der Waals surface area contributed by atoms with Gasteiger partial charge in [-0.2, -0.15) is 0 Å². The predicted octanol–water partition coefficient (Wildman–Crippen LogP) is 3.38. The zero-order valence-electron chi connectivity index (χ0n) is 20.5. The highest BCUT2D eigenvalue weighted by molar-refractivity contribution is 5.48. The number of nitrogens with zero attached hydrogens (tertiary/aromatic N) is 3. The van der Waals surface area contributed by atoms with Crippen molar-refractivity contribution < 1.29 is 18.9 Å². The first kappa shape index (κ1) is 22.8. The summed E-state index contributed by atoms with van der Waals surface area (Å²) in [6, 6.07) is 1.99. The molecule has 6 bridgehead atoms. The number of nitrogens with one attached hydrogen (secondary N) is 1. The molecule has 4 unspecified atom stereocenters. The highest BCUT2D eigenvalue weighted by Gasteiger charge is 2.64. The number of hydrogen-bond acceptors (Lipinski definition) is 8. The molecule has 2 aliphatic heterocycles. The number of fused-ring (bicyclic) bond motifs is 2. The van der Waals surface area contributed by atoms with E-state index in [2.05, 4.69) is 46.6 Å². The first-order valence-corrected chi connectivity index (χ1v) is 12.6. The van der Waals surface area contributed by atoms with Crippen molar-refractivity contribution in [3.63, 3.8) is 0 Å². The van der Waals surface area contributed by atoms with Crippen LogP contribution in [0.5, 0.6) is 0 Å². The van der Waals surface area contributed by atoms with Gasteiger partial charge in [-0.25, -0.2) is 9.97 Å². The summed E-state index contributed by atoms with van der Waals surface area (Å²) in [5, 5.41) is 3.54. The lowest BCUT2D eigenvalue weighted by atomic mass is 9.94. The topological polar surface area (TPSA) is 78.0 Å². The van der Waals surface area contributed by atoms with Crippen LogP contribution in [0, 0.1) is 17.3 Å². The van der Waals surface area contributed by atoms with E-state index in [0.29, 0.717) is 44.2 Å². The van der Waals surface area contributed by atoms with Gasteiger partial charge in [0.15, 0.2) is 5.60 Å². The van der Waals surface area contributed by atoms with Gasteiger partial charge in [0.25, 0.3) is 0 Å². The Morgan fingerprint density at radius 2 is 2.14 bits per heavy atom. The minimum Gasteiger partial charge on any atom is -0.495 e. The summed E-state index contributed by atoms with van der Waals surface area (Å²) < 4.78 is 23.4. The summed E-state index contributed by atoms with van der Waals surface area (Å²) in [5.74, 6) is 2.40. The van der Waals surface area contributed by atoms with Crippen molar-refractivity contribution in [1.82, 2.24) is 14.9 Å². The first-order chi connectivity index (χ1) is 17.1. The summed E-state index contributed by atoms with van der Waals surface area (Å²) in [6.07, 6.45) is 15.2. The van der Waals surface area contributed by atoms with Crippen molar-refractivity contribution in [2.45, 2.75) is 24.9 Å². The SMILES string of the molecule is COCCOC1=CC=C2Nc3nccc(n3)C34CC3C(=CO4)CCOC/C=C/CN(C)CC13CC23. The number of hydrogen-bond donors (Lipinski definition) is 1. The molecule has 0 saturated heterocycles. The van der Waals surface area contributed by atoms with Crippen molar-refractivity contribution in [1.29, 1.82) is 0 Å². The van der Waals surface area contributed by atoms with Crippen LogP contribution in [0.2, 0.25) is 0 Å². The van der Waals surface area contributed by atoms with Crippen LogP contribution in [-0.2, 0) is 24.5 Å². The average molecular weight is 479 g/mol. The summed E-state index contributed by atoms with van der Waals surface area (Å²) in [4.78, 5) is 11.8. The molecule has 6 rings (SSSR count). The molecular weight excluding hydrogens is 444 g/mol. The third kappa shape index (κ3) is 4.17. The van der Waals surface area contributed by atoms with E-state index < -0.39 is 0 Å².